The molecule has 5 heteroatoms. The van der Waals surface area contributed by atoms with Gasteiger partial charge in [0.25, 0.3) is 0 Å². The molecule has 0 unspecified atom stereocenters. The Morgan fingerprint density at radius 1 is 1.04 bits per heavy atom. The summed E-state index contributed by atoms with van der Waals surface area (Å²) in [4.78, 5) is 1.47. The van der Waals surface area contributed by atoms with Crippen LogP contribution in [0.1, 0.15) is 64.1 Å². The van der Waals surface area contributed by atoms with Crippen molar-refractivity contribution in [3.63, 3.8) is 0 Å². The van der Waals surface area contributed by atoms with Gasteiger partial charge in [0.15, 0.2) is 0 Å². The quantitative estimate of drug-likeness (QED) is 0.750. The molecule has 0 atom stereocenters. The van der Waals surface area contributed by atoms with E-state index >= 15 is 0 Å². The van der Waals surface area contributed by atoms with Gasteiger partial charge < -0.3 is 5.11 Å². The lowest BCUT2D eigenvalue weighted by Crippen LogP contribution is -2.18. The third-order valence-corrected chi connectivity index (χ3v) is 4.22. The van der Waals surface area contributed by atoms with E-state index in [1.165, 1.54) is 4.80 Å². The number of aromatic hydroxyl groups is 1. The third kappa shape index (κ3) is 3.98. The molecule has 0 fully saturated rings. The highest BCUT2D eigenvalue weighted by Crippen LogP contribution is 2.39. The molecule has 1 heterocycles. The van der Waals surface area contributed by atoms with E-state index in [1.807, 2.05) is 6.07 Å². The normalized spacial score (nSPS) is 12.8. The van der Waals surface area contributed by atoms with Crippen LogP contribution in [-0.4, -0.2) is 20.1 Å². The van der Waals surface area contributed by atoms with Crippen molar-refractivity contribution in [3.05, 3.63) is 46.6 Å². The highest BCUT2D eigenvalue weighted by Gasteiger charge is 2.26. The number of thiol groups is 1. The van der Waals surface area contributed by atoms with Gasteiger partial charge in [0.1, 0.15) is 22.8 Å². The summed E-state index contributed by atoms with van der Waals surface area (Å²) in [5.74, 6) is 0.201. The minimum Gasteiger partial charge on any atom is -0.505 e. The smallest absolute Gasteiger partial charge is 0.146 e. The van der Waals surface area contributed by atoms with E-state index in [-0.39, 0.29) is 16.6 Å². The number of hydrogen-bond acceptors (Lipinski definition) is 4. The van der Waals surface area contributed by atoms with Crippen molar-refractivity contribution < 1.29 is 5.11 Å². The number of benzene rings is 1. The van der Waals surface area contributed by atoms with E-state index < -0.39 is 0 Å². The standard InChI is InChI=1S/C20H27N3OS/c1-8-15-16(9-10-25)22-23(21-15)17-12-13(19(2,3)4)11-14(18(17)24)20(5,6)7/h8-12,24-25H,1H2,2-7H3/b10-9+. The number of nitrogens with zero attached hydrogens (tertiary/aromatic N) is 3. The van der Waals surface area contributed by atoms with Crippen molar-refractivity contribution in [2.45, 2.75) is 52.4 Å². The molecule has 0 aliphatic rings. The SMILES string of the molecule is C=Cc1nn(-c2cc(C(C)(C)C)cc(C(C)(C)C)c2O)nc1/C=C/S. The van der Waals surface area contributed by atoms with Crippen LogP contribution in [0.25, 0.3) is 17.8 Å². The Labute approximate surface area is 155 Å². The lowest BCUT2D eigenvalue weighted by atomic mass is 9.80. The van der Waals surface area contributed by atoms with Crippen LogP contribution in [-0.2, 0) is 10.8 Å². The van der Waals surface area contributed by atoms with Gasteiger partial charge in [-0.1, -0.05) is 54.2 Å². The van der Waals surface area contributed by atoms with Gasteiger partial charge in [-0.05, 0) is 40.0 Å². The Kier molecular flexibility index (Phi) is 5.19. The number of rotatable bonds is 3. The summed E-state index contributed by atoms with van der Waals surface area (Å²) in [5, 5.41) is 21.5. The second kappa shape index (κ2) is 6.71. The van der Waals surface area contributed by atoms with Crippen LogP contribution in [0.2, 0.25) is 0 Å². The Balaban J connectivity index is 2.79. The van der Waals surface area contributed by atoms with Crippen LogP contribution < -0.4 is 0 Å². The van der Waals surface area contributed by atoms with Crippen LogP contribution in [0.5, 0.6) is 5.75 Å². The lowest BCUT2D eigenvalue weighted by molar-refractivity contribution is 0.438. The van der Waals surface area contributed by atoms with Gasteiger partial charge in [-0.15, -0.1) is 15.0 Å². The molecule has 0 amide bonds. The van der Waals surface area contributed by atoms with Crippen LogP contribution in [0.15, 0.2) is 24.1 Å². The van der Waals surface area contributed by atoms with E-state index in [4.69, 9.17) is 0 Å². The molecule has 1 N–H and O–H groups in total. The molecular formula is C20H27N3OS. The molecule has 0 saturated carbocycles. The Bertz CT molecular complexity index is 821. The van der Waals surface area contributed by atoms with Crippen LogP contribution in [0.3, 0.4) is 0 Å². The van der Waals surface area contributed by atoms with Gasteiger partial charge in [-0.3, -0.25) is 0 Å². The first-order chi connectivity index (χ1) is 11.5. The van der Waals surface area contributed by atoms with Gasteiger partial charge in [0, 0.05) is 5.56 Å². The second-order valence-electron chi connectivity index (χ2n) is 8.17. The largest absolute Gasteiger partial charge is 0.505 e. The average molecular weight is 358 g/mol. The Hall–Kier alpha value is -2.01. The van der Waals surface area contributed by atoms with Crippen LogP contribution in [0, 0.1) is 0 Å². The zero-order valence-corrected chi connectivity index (χ0v) is 16.7. The third-order valence-electron chi connectivity index (χ3n) is 4.07. The molecule has 1 aromatic carbocycles. The van der Waals surface area contributed by atoms with E-state index in [1.54, 1.807) is 17.6 Å². The summed E-state index contributed by atoms with van der Waals surface area (Å²) >= 11 is 4.10. The summed E-state index contributed by atoms with van der Waals surface area (Å²) in [7, 11) is 0. The summed E-state index contributed by atoms with van der Waals surface area (Å²) in [5.41, 5.74) is 3.59. The average Bonchev–Trinajstić information content (AvgIpc) is 2.88. The molecule has 0 bridgehead atoms. The van der Waals surface area contributed by atoms with Crippen molar-refractivity contribution >= 4 is 24.8 Å². The molecule has 0 aliphatic carbocycles. The molecule has 134 valence electrons. The minimum absolute atomic E-state index is 0.0648. The molecule has 0 aliphatic heterocycles. The van der Waals surface area contributed by atoms with Crippen molar-refractivity contribution in [3.8, 4) is 11.4 Å². The monoisotopic (exact) mass is 357 g/mol. The second-order valence-corrected chi connectivity index (χ2v) is 8.47. The first-order valence-electron chi connectivity index (χ1n) is 8.28. The van der Waals surface area contributed by atoms with Gasteiger partial charge in [0.05, 0.1) is 0 Å². The lowest BCUT2D eigenvalue weighted by Gasteiger charge is -2.27. The van der Waals surface area contributed by atoms with Crippen LogP contribution in [0.4, 0.5) is 0 Å². The van der Waals surface area contributed by atoms with Crippen molar-refractivity contribution in [2.24, 2.45) is 0 Å². The maximum Gasteiger partial charge on any atom is 0.146 e. The Morgan fingerprint density at radius 3 is 2.12 bits per heavy atom. The van der Waals surface area contributed by atoms with E-state index in [0.29, 0.717) is 17.1 Å². The van der Waals surface area contributed by atoms with E-state index in [2.05, 4.69) is 77.0 Å². The van der Waals surface area contributed by atoms with Crippen molar-refractivity contribution in [1.29, 1.82) is 0 Å². The first kappa shape index (κ1) is 19.3. The first-order valence-corrected chi connectivity index (χ1v) is 8.79. The van der Waals surface area contributed by atoms with E-state index in [9.17, 15) is 5.11 Å². The molecule has 2 aromatic rings. The molecular weight excluding hydrogens is 330 g/mol. The molecule has 2 rings (SSSR count). The van der Waals surface area contributed by atoms with Crippen molar-refractivity contribution in [1.82, 2.24) is 15.0 Å². The fraction of sp³-hybridized carbons (Fsp3) is 0.400. The maximum absolute atomic E-state index is 10.9. The molecule has 0 radical (unpaired) electrons. The summed E-state index contributed by atoms with van der Waals surface area (Å²) in [6.07, 6.45) is 3.39. The molecule has 1 aromatic heterocycles. The molecule has 4 nitrogen and oxygen atoms in total. The number of phenols is 1. The highest BCUT2D eigenvalue weighted by molar-refractivity contribution is 7.83. The van der Waals surface area contributed by atoms with Crippen molar-refractivity contribution in [2.75, 3.05) is 0 Å². The fourth-order valence-electron chi connectivity index (χ4n) is 2.55. The van der Waals surface area contributed by atoms with Gasteiger partial charge in [0.2, 0.25) is 0 Å². The van der Waals surface area contributed by atoms with Gasteiger partial charge in [-0.2, -0.15) is 12.6 Å². The topological polar surface area (TPSA) is 50.9 Å². The maximum atomic E-state index is 10.9. The number of phenolic OH excluding ortho intramolecular Hbond substituents is 1. The van der Waals surface area contributed by atoms with Gasteiger partial charge in [-0.25, -0.2) is 0 Å². The fourth-order valence-corrected chi connectivity index (χ4v) is 2.69. The molecule has 0 saturated heterocycles. The zero-order valence-electron chi connectivity index (χ0n) is 15.8. The highest BCUT2D eigenvalue weighted by atomic mass is 32.1. The summed E-state index contributed by atoms with van der Waals surface area (Å²) in [6.45, 7) is 16.5. The summed E-state index contributed by atoms with van der Waals surface area (Å²) < 4.78 is 0. The predicted octanol–water partition coefficient (Wildman–Crippen LogP) is 5.11. The Morgan fingerprint density at radius 2 is 1.64 bits per heavy atom. The van der Waals surface area contributed by atoms with Crippen LogP contribution >= 0.6 is 12.6 Å². The van der Waals surface area contributed by atoms with E-state index in [0.717, 1.165) is 11.1 Å². The number of aromatic nitrogens is 3. The zero-order chi connectivity index (χ0) is 19.0. The molecule has 25 heavy (non-hydrogen) atoms. The van der Waals surface area contributed by atoms with Gasteiger partial charge >= 0.3 is 0 Å². The number of hydrogen-bond donors (Lipinski definition) is 2. The molecule has 0 spiro atoms. The summed E-state index contributed by atoms with van der Waals surface area (Å²) in [6, 6.07) is 4.02. The minimum atomic E-state index is -0.206. The predicted molar refractivity (Wildman–Crippen MR) is 109 cm³/mol.